The number of hydrogen-bond acceptors (Lipinski definition) is 5. The van der Waals surface area contributed by atoms with Crippen LogP contribution in [-0.2, 0) is 5.41 Å². The number of furan rings is 2. The lowest BCUT2D eigenvalue weighted by molar-refractivity contribution is 0.668. The van der Waals surface area contributed by atoms with Crippen molar-refractivity contribution in [3.8, 4) is 89.8 Å². The highest BCUT2D eigenvalue weighted by molar-refractivity contribution is 6.14. The summed E-state index contributed by atoms with van der Waals surface area (Å²) in [6.07, 6.45) is 0. The summed E-state index contributed by atoms with van der Waals surface area (Å²) in [5, 5.41) is 3.90. The van der Waals surface area contributed by atoms with Crippen LogP contribution in [0.2, 0.25) is 0 Å². The van der Waals surface area contributed by atoms with Crippen LogP contribution in [0.4, 0.5) is 0 Å². The van der Waals surface area contributed by atoms with Crippen molar-refractivity contribution in [1.82, 2.24) is 15.0 Å². The Morgan fingerprint density at radius 1 is 0.240 bits per heavy atom. The molecule has 3 aromatic heterocycles. The van der Waals surface area contributed by atoms with Gasteiger partial charge < -0.3 is 8.83 Å². The maximum atomic E-state index is 6.67. The molecule has 2 aliphatic rings. The van der Waals surface area contributed by atoms with E-state index >= 15 is 0 Å². The lowest BCUT2D eigenvalue weighted by atomic mass is 9.70. The highest BCUT2D eigenvalue weighted by Gasteiger charge is 2.51. The van der Waals surface area contributed by atoms with Gasteiger partial charge in [0.15, 0.2) is 17.5 Å². The number of para-hydroxylation sites is 1. The predicted octanol–water partition coefficient (Wildman–Crippen LogP) is 18.0. The zero-order valence-electron chi connectivity index (χ0n) is 40.3. The zero-order valence-corrected chi connectivity index (χ0v) is 40.3. The molecule has 348 valence electrons. The molecule has 0 aliphatic heterocycles. The van der Waals surface area contributed by atoms with Crippen molar-refractivity contribution in [1.29, 1.82) is 0 Å². The second-order valence-electron chi connectivity index (χ2n) is 19.7. The summed E-state index contributed by atoms with van der Waals surface area (Å²) in [6, 6.07) is 88.6. The number of nitrogens with zero attached hydrogens (tertiary/aromatic N) is 3. The van der Waals surface area contributed by atoms with Gasteiger partial charge in [-0.05, 0) is 120 Å². The van der Waals surface area contributed by atoms with Crippen molar-refractivity contribution in [2.45, 2.75) is 5.41 Å². The van der Waals surface area contributed by atoms with Gasteiger partial charge in [-0.1, -0.05) is 206 Å². The van der Waals surface area contributed by atoms with Crippen LogP contribution in [0.25, 0.3) is 134 Å². The summed E-state index contributed by atoms with van der Waals surface area (Å²) in [4.78, 5) is 16.1. The van der Waals surface area contributed by atoms with Crippen LogP contribution >= 0.6 is 0 Å². The first-order chi connectivity index (χ1) is 37.2. The van der Waals surface area contributed by atoms with E-state index in [4.69, 9.17) is 23.8 Å². The summed E-state index contributed by atoms with van der Waals surface area (Å²) < 4.78 is 13.1. The first kappa shape index (κ1) is 41.6. The SMILES string of the molecule is c1ccc(-c2ccccc2-c2nc(-c3cccc4oc5ccccc5c34)nc(-c3cccc4oc5ccc(-c6cccc(-c7ccc8c(c7)-c7ccccc7C87c8ccccc8-c8ccccc87)c6)cc5c34)n2)cc1. The van der Waals surface area contributed by atoms with Gasteiger partial charge in [-0.15, -0.1) is 0 Å². The van der Waals surface area contributed by atoms with Crippen molar-refractivity contribution >= 4 is 43.9 Å². The Kier molecular flexibility index (Phi) is 8.89. The molecule has 5 heteroatoms. The lowest BCUT2D eigenvalue weighted by Crippen LogP contribution is -2.25. The van der Waals surface area contributed by atoms with E-state index in [1.807, 2.05) is 54.6 Å². The molecule has 0 amide bonds. The maximum Gasteiger partial charge on any atom is 0.164 e. The largest absolute Gasteiger partial charge is 0.456 e. The molecule has 1 spiro atoms. The first-order valence-electron chi connectivity index (χ1n) is 25.5. The minimum Gasteiger partial charge on any atom is -0.456 e. The summed E-state index contributed by atoms with van der Waals surface area (Å²) in [5.74, 6) is 1.68. The van der Waals surface area contributed by atoms with Crippen LogP contribution in [0, 0.1) is 0 Å². The van der Waals surface area contributed by atoms with Crippen LogP contribution in [0.1, 0.15) is 22.3 Å². The average Bonchev–Trinajstić information content (AvgIpc) is 4.40. The molecule has 0 fully saturated rings. The molecule has 0 unspecified atom stereocenters. The molecule has 14 aromatic rings. The highest BCUT2D eigenvalue weighted by atomic mass is 16.3. The number of aromatic nitrogens is 3. The van der Waals surface area contributed by atoms with Gasteiger partial charge in [0.2, 0.25) is 0 Å². The molecule has 11 aromatic carbocycles. The molecule has 0 atom stereocenters. The average molecular weight is 956 g/mol. The molecule has 0 N–H and O–H groups in total. The van der Waals surface area contributed by atoms with E-state index in [2.05, 4.69) is 194 Å². The van der Waals surface area contributed by atoms with Crippen LogP contribution < -0.4 is 0 Å². The fraction of sp³-hybridized carbons (Fsp3) is 0.0143. The van der Waals surface area contributed by atoms with E-state index in [-0.39, 0.29) is 5.41 Å². The van der Waals surface area contributed by atoms with Gasteiger partial charge in [0.05, 0.1) is 5.41 Å². The van der Waals surface area contributed by atoms with Gasteiger partial charge in [0.25, 0.3) is 0 Å². The number of fused-ring (bicyclic) bond motifs is 16. The quantitative estimate of drug-likeness (QED) is 0.166. The summed E-state index contributed by atoms with van der Waals surface area (Å²) in [6.45, 7) is 0. The molecule has 3 heterocycles. The van der Waals surface area contributed by atoms with Crippen LogP contribution in [0.5, 0.6) is 0 Å². The van der Waals surface area contributed by atoms with Gasteiger partial charge >= 0.3 is 0 Å². The minimum absolute atomic E-state index is 0.374. The van der Waals surface area contributed by atoms with Gasteiger partial charge in [-0.2, -0.15) is 0 Å². The first-order valence-corrected chi connectivity index (χ1v) is 25.5. The standard InChI is InChI=1S/C70H41N3O2/c1-2-17-42(18-3-1)47-21-4-5-25-51(47)67-71-68(53-27-15-33-63-65(53)52-26-9-13-32-61(52)74-63)73-69(72-67)54-28-16-34-64-66(54)56-41-46(36-38-62(56)75-64)44-20-14-19-43(39-44)45-35-37-60-55(40-45)50-24-8-12-31-59(50)70(60)57-29-10-6-22-48(57)49-23-7-11-30-58(49)70/h1-41H. The summed E-state index contributed by atoms with van der Waals surface area (Å²) in [7, 11) is 0. The molecule has 75 heavy (non-hydrogen) atoms. The Hall–Kier alpha value is -9.97. The number of hydrogen-bond donors (Lipinski definition) is 0. The fourth-order valence-electron chi connectivity index (χ4n) is 12.6. The Morgan fingerprint density at radius 3 is 1.31 bits per heavy atom. The maximum absolute atomic E-state index is 6.67. The normalized spacial score (nSPS) is 12.9. The van der Waals surface area contributed by atoms with Gasteiger partial charge in [-0.3, -0.25) is 0 Å². The topological polar surface area (TPSA) is 65.0 Å². The predicted molar refractivity (Wildman–Crippen MR) is 303 cm³/mol. The Balaban J connectivity index is 0.843. The number of rotatable bonds is 6. The van der Waals surface area contributed by atoms with Gasteiger partial charge in [0.1, 0.15) is 22.3 Å². The van der Waals surface area contributed by atoms with E-state index in [0.29, 0.717) is 17.5 Å². The molecule has 0 saturated carbocycles. The number of benzene rings is 11. The molecular formula is C70H41N3O2. The minimum atomic E-state index is -0.374. The molecule has 5 nitrogen and oxygen atoms in total. The molecular weight excluding hydrogens is 915 g/mol. The Labute approximate surface area is 431 Å². The highest BCUT2D eigenvalue weighted by Crippen LogP contribution is 2.63. The summed E-state index contributed by atoms with van der Waals surface area (Å²) in [5.41, 5.74) is 22.6. The third-order valence-corrected chi connectivity index (χ3v) is 15.8. The van der Waals surface area contributed by atoms with Crippen LogP contribution in [0.15, 0.2) is 258 Å². The van der Waals surface area contributed by atoms with Crippen LogP contribution in [0.3, 0.4) is 0 Å². The van der Waals surface area contributed by atoms with Gasteiger partial charge in [-0.25, -0.2) is 15.0 Å². The Morgan fingerprint density at radius 2 is 0.653 bits per heavy atom. The van der Waals surface area contributed by atoms with E-state index in [1.165, 1.54) is 50.1 Å². The zero-order chi connectivity index (χ0) is 49.2. The second-order valence-corrected chi connectivity index (χ2v) is 19.7. The summed E-state index contributed by atoms with van der Waals surface area (Å²) >= 11 is 0. The molecule has 16 rings (SSSR count). The van der Waals surface area contributed by atoms with E-state index < -0.39 is 0 Å². The van der Waals surface area contributed by atoms with Crippen molar-refractivity contribution in [2.24, 2.45) is 0 Å². The van der Waals surface area contributed by atoms with Gasteiger partial charge in [0, 0.05) is 38.2 Å². The van der Waals surface area contributed by atoms with Crippen molar-refractivity contribution < 1.29 is 8.83 Å². The smallest absolute Gasteiger partial charge is 0.164 e. The molecule has 0 saturated heterocycles. The van der Waals surface area contributed by atoms with E-state index in [0.717, 1.165) is 88.4 Å². The van der Waals surface area contributed by atoms with E-state index in [1.54, 1.807) is 0 Å². The lowest BCUT2D eigenvalue weighted by Gasteiger charge is -2.30. The van der Waals surface area contributed by atoms with Crippen molar-refractivity contribution in [3.63, 3.8) is 0 Å². The monoisotopic (exact) mass is 955 g/mol. The third kappa shape index (κ3) is 6.10. The molecule has 2 aliphatic carbocycles. The third-order valence-electron chi connectivity index (χ3n) is 15.8. The fourth-order valence-corrected chi connectivity index (χ4v) is 12.6. The second kappa shape index (κ2) is 16.0. The Bertz CT molecular complexity index is 4630. The van der Waals surface area contributed by atoms with E-state index in [9.17, 15) is 0 Å². The molecule has 0 radical (unpaired) electrons. The molecule has 0 bridgehead atoms. The van der Waals surface area contributed by atoms with Crippen molar-refractivity contribution in [3.05, 3.63) is 271 Å². The van der Waals surface area contributed by atoms with Crippen LogP contribution in [-0.4, -0.2) is 15.0 Å². The van der Waals surface area contributed by atoms with Crippen molar-refractivity contribution in [2.75, 3.05) is 0 Å².